The van der Waals surface area contributed by atoms with Gasteiger partial charge in [-0.3, -0.25) is 10.1 Å². The summed E-state index contributed by atoms with van der Waals surface area (Å²) in [5.74, 6) is 0. The minimum Gasteiger partial charge on any atom is -0.263 e. The number of rotatable bonds is 1. The number of nitrogens with one attached hydrogen (secondary N) is 1. The van der Waals surface area contributed by atoms with Crippen molar-refractivity contribution in [3.05, 3.63) is 16.5 Å². The fraction of sp³-hybridized carbons (Fsp3) is 0.750. The first-order valence-corrected chi connectivity index (χ1v) is 2.65. The normalized spacial score (nSPS) is 28.8. The molecule has 5 nitrogen and oxygen atoms in total. The molecule has 1 aliphatic heterocycles. The molecule has 1 aliphatic rings. The molecular formula is C4H8N3O2. The van der Waals surface area contributed by atoms with Crippen LogP contribution in [0.25, 0.3) is 0 Å². The molecule has 1 radical (unpaired) electrons. The highest BCUT2D eigenvalue weighted by atomic mass is 16.6. The monoisotopic (exact) mass is 130 g/mol. The zero-order valence-electron chi connectivity index (χ0n) is 5.07. The zero-order valence-corrected chi connectivity index (χ0v) is 5.07. The third-order valence-electron chi connectivity index (χ3n) is 1.28. The van der Waals surface area contributed by atoms with Gasteiger partial charge in [-0.25, -0.2) is 5.43 Å². The SMILES string of the molecule is CN1NC[CH]C1[N+](=O)[O-]. The van der Waals surface area contributed by atoms with E-state index in [2.05, 4.69) is 5.43 Å². The maximum Gasteiger partial charge on any atom is 0.284 e. The molecule has 0 bridgehead atoms. The van der Waals surface area contributed by atoms with E-state index in [9.17, 15) is 10.1 Å². The molecule has 0 aromatic heterocycles. The standard InChI is InChI=1S/C4H8N3O2/c1-6-4(7(8)9)2-3-5-6/h2,4-5H,3H2,1H3. The van der Waals surface area contributed by atoms with E-state index in [1.165, 1.54) is 5.01 Å². The Hall–Kier alpha value is -0.680. The van der Waals surface area contributed by atoms with Gasteiger partial charge in [-0.05, 0) is 0 Å². The first kappa shape index (κ1) is 6.44. The van der Waals surface area contributed by atoms with Gasteiger partial charge in [-0.15, -0.1) is 0 Å². The Balaban J connectivity index is 2.49. The van der Waals surface area contributed by atoms with Crippen molar-refractivity contribution in [2.45, 2.75) is 6.17 Å². The number of hydrazine groups is 1. The van der Waals surface area contributed by atoms with Gasteiger partial charge in [0.15, 0.2) is 0 Å². The highest BCUT2D eigenvalue weighted by Gasteiger charge is 2.30. The van der Waals surface area contributed by atoms with E-state index in [0.717, 1.165) is 0 Å². The van der Waals surface area contributed by atoms with Crippen molar-refractivity contribution in [3.63, 3.8) is 0 Å². The summed E-state index contributed by atoms with van der Waals surface area (Å²) in [6, 6.07) is 0. The summed E-state index contributed by atoms with van der Waals surface area (Å²) in [6.07, 6.45) is 0.963. The summed E-state index contributed by atoms with van der Waals surface area (Å²) < 4.78 is 0. The molecule has 1 saturated heterocycles. The van der Waals surface area contributed by atoms with Crippen LogP contribution in [0.1, 0.15) is 0 Å². The van der Waals surface area contributed by atoms with Crippen molar-refractivity contribution in [2.75, 3.05) is 13.6 Å². The molecule has 1 N–H and O–H groups in total. The molecule has 0 aliphatic carbocycles. The molecule has 1 heterocycles. The van der Waals surface area contributed by atoms with Crippen molar-refractivity contribution in [3.8, 4) is 0 Å². The molecule has 0 aromatic rings. The maximum absolute atomic E-state index is 10.1. The van der Waals surface area contributed by atoms with Crippen LogP contribution in [0.15, 0.2) is 0 Å². The van der Waals surface area contributed by atoms with Crippen molar-refractivity contribution < 1.29 is 4.92 Å². The number of nitro groups is 1. The second kappa shape index (κ2) is 2.28. The third kappa shape index (κ3) is 1.17. The molecule has 0 aromatic carbocycles. The van der Waals surface area contributed by atoms with Crippen LogP contribution in [0, 0.1) is 16.5 Å². The summed E-state index contributed by atoms with van der Waals surface area (Å²) in [5.41, 5.74) is 2.79. The predicted molar refractivity (Wildman–Crippen MR) is 30.8 cm³/mol. The fourth-order valence-corrected chi connectivity index (χ4v) is 0.781. The lowest BCUT2D eigenvalue weighted by Gasteiger charge is -2.09. The summed E-state index contributed by atoms with van der Waals surface area (Å²) in [6.45, 7) is 0.585. The lowest BCUT2D eigenvalue weighted by atomic mass is 10.4. The van der Waals surface area contributed by atoms with Gasteiger partial charge in [0.05, 0.1) is 6.42 Å². The molecule has 0 spiro atoms. The number of nitrogens with zero attached hydrogens (tertiary/aromatic N) is 2. The molecule has 1 atom stereocenters. The summed E-state index contributed by atoms with van der Waals surface area (Å²) in [7, 11) is 1.65. The van der Waals surface area contributed by atoms with E-state index < -0.39 is 6.17 Å². The minimum absolute atomic E-state index is 0.333. The first-order chi connectivity index (χ1) is 4.22. The van der Waals surface area contributed by atoms with Gasteiger partial charge in [-0.2, -0.15) is 5.01 Å². The molecule has 1 rings (SSSR count). The second-order valence-electron chi connectivity index (χ2n) is 1.91. The molecule has 1 unspecified atom stereocenters. The van der Waals surface area contributed by atoms with E-state index in [1.807, 2.05) is 0 Å². The number of hydrogen-bond donors (Lipinski definition) is 1. The van der Waals surface area contributed by atoms with Crippen LogP contribution in [-0.2, 0) is 0 Å². The van der Waals surface area contributed by atoms with Crippen LogP contribution in [0.4, 0.5) is 0 Å². The molecule has 0 amide bonds. The van der Waals surface area contributed by atoms with Gasteiger partial charge in [0.25, 0.3) is 6.17 Å². The lowest BCUT2D eigenvalue weighted by molar-refractivity contribution is -0.537. The fourth-order valence-electron chi connectivity index (χ4n) is 0.781. The van der Waals surface area contributed by atoms with Crippen molar-refractivity contribution in [1.29, 1.82) is 0 Å². The molecule has 1 fully saturated rings. The van der Waals surface area contributed by atoms with Crippen molar-refractivity contribution in [2.24, 2.45) is 0 Å². The Kier molecular flexibility index (Phi) is 1.63. The largest absolute Gasteiger partial charge is 0.284 e. The summed E-state index contributed by atoms with van der Waals surface area (Å²) in [4.78, 5) is 9.77. The Bertz CT molecular complexity index is 127. The van der Waals surface area contributed by atoms with E-state index in [-0.39, 0.29) is 4.92 Å². The molecule has 0 saturated carbocycles. The third-order valence-corrected chi connectivity index (χ3v) is 1.28. The van der Waals surface area contributed by atoms with E-state index >= 15 is 0 Å². The van der Waals surface area contributed by atoms with Crippen LogP contribution in [0.5, 0.6) is 0 Å². The molecular weight excluding hydrogens is 122 g/mol. The highest BCUT2D eigenvalue weighted by molar-refractivity contribution is 4.82. The quantitative estimate of drug-likeness (QED) is 0.374. The lowest BCUT2D eigenvalue weighted by Crippen LogP contribution is -2.37. The topological polar surface area (TPSA) is 58.4 Å². The average molecular weight is 130 g/mol. The summed E-state index contributed by atoms with van der Waals surface area (Å²) in [5, 5.41) is 11.6. The summed E-state index contributed by atoms with van der Waals surface area (Å²) >= 11 is 0. The molecule has 9 heavy (non-hydrogen) atoms. The Morgan fingerprint density at radius 2 is 2.67 bits per heavy atom. The maximum atomic E-state index is 10.1. The Morgan fingerprint density at radius 1 is 2.00 bits per heavy atom. The van der Waals surface area contributed by atoms with Crippen molar-refractivity contribution >= 4 is 0 Å². The van der Waals surface area contributed by atoms with Crippen LogP contribution >= 0.6 is 0 Å². The van der Waals surface area contributed by atoms with Crippen molar-refractivity contribution in [1.82, 2.24) is 10.4 Å². The minimum atomic E-state index is -0.648. The smallest absolute Gasteiger partial charge is 0.263 e. The van der Waals surface area contributed by atoms with Gasteiger partial charge < -0.3 is 0 Å². The zero-order chi connectivity index (χ0) is 6.85. The predicted octanol–water partition coefficient (Wildman–Crippen LogP) is -0.757. The van der Waals surface area contributed by atoms with E-state index in [4.69, 9.17) is 0 Å². The number of hydrogen-bond acceptors (Lipinski definition) is 4. The van der Waals surface area contributed by atoms with Gasteiger partial charge in [-0.1, -0.05) is 0 Å². The van der Waals surface area contributed by atoms with Gasteiger partial charge >= 0.3 is 0 Å². The van der Waals surface area contributed by atoms with Crippen LogP contribution < -0.4 is 5.43 Å². The highest BCUT2D eigenvalue weighted by Crippen LogP contribution is 2.03. The van der Waals surface area contributed by atoms with Crippen LogP contribution in [-0.4, -0.2) is 29.7 Å². The van der Waals surface area contributed by atoms with E-state index in [1.54, 1.807) is 13.5 Å². The second-order valence-corrected chi connectivity index (χ2v) is 1.91. The van der Waals surface area contributed by atoms with Gasteiger partial charge in [0, 0.05) is 18.5 Å². The average Bonchev–Trinajstić information content (AvgIpc) is 2.13. The van der Waals surface area contributed by atoms with Crippen LogP contribution in [0.3, 0.4) is 0 Å². The first-order valence-electron chi connectivity index (χ1n) is 2.65. The molecule has 5 heteroatoms. The van der Waals surface area contributed by atoms with E-state index in [0.29, 0.717) is 6.54 Å². The Labute approximate surface area is 52.8 Å². The Morgan fingerprint density at radius 3 is 2.89 bits per heavy atom. The van der Waals surface area contributed by atoms with Crippen LogP contribution in [0.2, 0.25) is 0 Å². The van der Waals surface area contributed by atoms with Gasteiger partial charge in [0.1, 0.15) is 0 Å². The molecule has 51 valence electrons. The van der Waals surface area contributed by atoms with Gasteiger partial charge in [0.2, 0.25) is 0 Å².